The molecule has 0 heterocycles. The Morgan fingerprint density at radius 2 is 2.06 bits per heavy atom. The molecular weight excluding hydrogens is 227 g/mol. The summed E-state index contributed by atoms with van der Waals surface area (Å²) in [7, 11) is 0. The molecular formula is C12H15FO2S. The van der Waals surface area contributed by atoms with Crippen molar-refractivity contribution in [1.29, 1.82) is 0 Å². The first-order chi connectivity index (χ1) is 7.54. The number of halogens is 1. The fraction of sp³-hybridized carbons (Fsp3) is 0.417. The van der Waals surface area contributed by atoms with Crippen LogP contribution in [0.4, 0.5) is 4.39 Å². The smallest absolute Gasteiger partial charge is 0.320 e. The van der Waals surface area contributed by atoms with E-state index in [1.807, 2.05) is 13.8 Å². The predicted octanol–water partition coefficient (Wildman–Crippen LogP) is 3.56. The molecule has 0 aliphatic rings. The first-order valence-corrected chi connectivity index (χ1v) is 6.03. The summed E-state index contributed by atoms with van der Waals surface area (Å²) in [6.45, 7) is 3.67. The number of benzene rings is 1. The second-order valence-electron chi connectivity index (χ2n) is 3.57. The monoisotopic (exact) mass is 242 g/mol. The van der Waals surface area contributed by atoms with Gasteiger partial charge in [-0.2, -0.15) is 0 Å². The molecule has 1 aromatic carbocycles. The number of carboxylic acid groups (broad SMARTS) is 1. The lowest BCUT2D eigenvalue weighted by Gasteiger charge is -2.25. The third kappa shape index (κ3) is 2.76. The van der Waals surface area contributed by atoms with Gasteiger partial charge in [-0.3, -0.25) is 4.79 Å². The average molecular weight is 242 g/mol. The van der Waals surface area contributed by atoms with Crippen molar-refractivity contribution in [3.05, 3.63) is 30.1 Å². The van der Waals surface area contributed by atoms with Crippen LogP contribution in [-0.2, 0) is 4.79 Å². The molecule has 0 atom stereocenters. The quantitative estimate of drug-likeness (QED) is 0.802. The summed E-state index contributed by atoms with van der Waals surface area (Å²) < 4.78 is 12.1. The summed E-state index contributed by atoms with van der Waals surface area (Å²) in [6.07, 6.45) is 1.03. The molecule has 2 nitrogen and oxygen atoms in total. The molecule has 0 aliphatic heterocycles. The van der Waals surface area contributed by atoms with Crippen LogP contribution in [0.3, 0.4) is 0 Å². The van der Waals surface area contributed by atoms with Crippen LogP contribution in [0.15, 0.2) is 29.2 Å². The Labute approximate surface area is 98.9 Å². The lowest BCUT2D eigenvalue weighted by Crippen LogP contribution is -2.33. The van der Waals surface area contributed by atoms with Gasteiger partial charge >= 0.3 is 5.97 Å². The van der Waals surface area contributed by atoms with Crippen LogP contribution in [0.1, 0.15) is 26.7 Å². The highest BCUT2D eigenvalue weighted by Crippen LogP contribution is 2.38. The molecule has 1 N–H and O–H groups in total. The Hall–Kier alpha value is -1.03. The second-order valence-corrected chi connectivity index (χ2v) is 5.02. The van der Waals surface area contributed by atoms with E-state index in [2.05, 4.69) is 0 Å². The van der Waals surface area contributed by atoms with Gasteiger partial charge in [0, 0.05) is 4.90 Å². The van der Waals surface area contributed by atoms with Gasteiger partial charge in [0.05, 0.1) is 0 Å². The summed E-state index contributed by atoms with van der Waals surface area (Å²) in [5.41, 5.74) is 0. The zero-order valence-corrected chi connectivity index (χ0v) is 10.2. The van der Waals surface area contributed by atoms with Crippen LogP contribution in [0.25, 0.3) is 0 Å². The van der Waals surface area contributed by atoms with Crippen molar-refractivity contribution in [2.45, 2.75) is 36.3 Å². The maximum absolute atomic E-state index is 13.0. The van der Waals surface area contributed by atoms with Crippen molar-refractivity contribution >= 4 is 17.7 Å². The van der Waals surface area contributed by atoms with Crippen LogP contribution < -0.4 is 0 Å². The summed E-state index contributed by atoms with van der Waals surface area (Å²) in [6, 6.07) is 6.05. The van der Waals surface area contributed by atoms with Crippen molar-refractivity contribution < 1.29 is 14.3 Å². The molecule has 0 fully saturated rings. The minimum Gasteiger partial charge on any atom is -0.480 e. The van der Waals surface area contributed by atoms with Crippen LogP contribution in [0, 0.1) is 5.82 Å². The van der Waals surface area contributed by atoms with E-state index in [1.54, 1.807) is 12.1 Å². The fourth-order valence-corrected chi connectivity index (χ4v) is 2.64. The number of hydrogen-bond acceptors (Lipinski definition) is 2. The second kappa shape index (κ2) is 5.34. The van der Waals surface area contributed by atoms with Crippen LogP contribution >= 0.6 is 11.8 Å². The normalized spacial score (nSPS) is 11.4. The SMILES string of the molecule is CCC(CC)(Sc1cccc(F)c1)C(=O)O. The fourth-order valence-electron chi connectivity index (χ4n) is 1.50. The van der Waals surface area contributed by atoms with E-state index in [0.29, 0.717) is 17.7 Å². The Kier molecular flexibility index (Phi) is 4.35. The number of hydrogen-bond donors (Lipinski definition) is 1. The Balaban J connectivity index is 2.96. The highest BCUT2D eigenvalue weighted by molar-refractivity contribution is 8.01. The van der Waals surface area contributed by atoms with Crippen LogP contribution in [-0.4, -0.2) is 15.8 Å². The molecule has 0 aromatic heterocycles. The largest absolute Gasteiger partial charge is 0.480 e. The number of aliphatic carboxylic acids is 1. The number of thioether (sulfide) groups is 1. The topological polar surface area (TPSA) is 37.3 Å². The summed E-state index contributed by atoms with van der Waals surface area (Å²) in [5, 5.41) is 9.24. The van der Waals surface area contributed by atoms with Gasteiger partial charge in [0.2, 0.25) is 0 Å². The first-order valence-electron chi connectivity index (χ1n) is 5.22. The molecule has 0 radical (unpaired) electrons. The maximum Gasteiger partial charge on any atom is 0.320 e. The Bertz CT molecular complexity index is 375. The molecule has 0 saturated carbocycles. The molecule has 0 saturated heterocycles. The number of carbonyl (C=O) groups is 1. The van der Waals surface area contributed by atoms with Gasteiger partial charge in [-0.05, 0) is 31.0 Å². The zero-order chi connectivity index (χ0) is 12.2. The molecule has 0 bridgehead atoms. The van der Waals surface area contributed by atoms with Crippen molar-refractivity contribution in [3.8, 4) is 0 Å². The lowest BCUT2D eigenvalue weighted by molar-refractivity contribution is -0.140. The van der Waals surface area contributed by atoms with E-state index >= 15 is 0 Å². The summed E-state index contributed by atoms with van der Waals surface area (Å²) in [5.74, 6) is -1.18. The molecule has 1 aromatic rings. The third-order valence-electron chi connectivity index (χ3n) is 2.64. The van der Waals surface area contributed by atoms with Crippen molar-refractivity contribution in [2.24, 2.45) is 0 Å². The van der Waals surface area contributed by atoms with E-state index in [4.69, 9.17) is 0 Å². The van der Waals surface area contributed by atoms with Crippen LogP contribution in [0.5, 0.6) is 0 Å². The van der Waals surface area contributed by atoms with E-state index in [1.165, 1.54) is 23.9 Å². The zero-order valence-electron chi connectivity index (χ0n) is 9.37. The van der Waals surface area contributed by atoms with E-state index in [-0.39, 0.29) is 5.82 Å². The van der Waals surface area contributed by atoms with Gasteiger partial charge in [0.15, 0.2) is 0 Å². The van der Waals surface area contributed by atoms with E-state index < -0.39 is 10.7 Å². The maximum atomic E-state index is 13.0. The summed E-state index contributed by atoms with van der Waals surface area (Å²) >= 11 is 1.22. The van der Waals surface area contributed by atoms with Crippen molar-refractivity contribution in [2.75, 3.05) is 0 Å². The molecule has 0 unspecified atom stereocenters. The molecule has 1 rings (SSSR count). The molecule has 16 heavy (non-hydrogen) atoms. The van der Waals surface area contributed by atoms with Crippen molar-refractivity contribution in [3.63, 3.8) is 0 Å². The van der Waals surface area contributed by atoms with Gasteiger partial charge in [-0.1, -0.05) is 19.9 Å². The van der Waals surface area contributed by atoms with Gasteiger partial charge in [-0.15, -0.1) is 11.8 Å². The van der Waals surface area contributed by atoms with Gasteiger partial charge in [-0.25, -0.2) is 4.39 Å². The standard InChI is InChI=1S/C12H15FO2S/c1-3-12(4-2,11(14)15)16-10-7-5-6-9(13)8-10/h5-8H,3-4H2,1-2H3,(H,14,15). The molecule has 88 valence electrons. The third-order valence-corrected chi connectivity index (χ3v) is 4.27. The molecule has 0 spiro atoms. The minimum absolute atomic E-state index is 0.337. The first kappa shape index (κ1) is 13.0. The number of rotatable bonds is 5. The lowest BCUT2D eigenvalue weighted by atomic mass is 10.0. The van der Waals surface area contributed by atoms with E-state index in [9.17, 15) is 14.3 Å². The van der Waals surface area contributed by atoms with Crippen molar-refractivity contribution in [1.82, 2.24) is 0 Å². The summed E-state index contributed by atoms with van der Waals surface area (Å²) in [4.78, 5) is 11.9. The van der Waals surface area contributed by atoms with Gasteiger partial charge in [0.25, 0.3) is 0 Å². The molecule has 0 aliphatic carbocycles. The number of carboxylic acids is 1. The van der Waals surface area contributed by atoms with E-state index in [0.717, 1.165) is 0 Å². The average Bonchev–Trinajstić information content (AvgIpc) is 2.25. The van der Waals surface area contributed by atoms with Crippen LogP contribution in [0.2, 0.25) is 0 Å². The molecule has 4 heteroatoms. The minimum atomic E-state index is -0.853. The highest BCUT2D eigenvalue weighted by Gasteiger charge is 2.36. The Morgan fingerprint density at radius 3 is 2.50 bits per heavy atom. The van der Waals surface area contributed by atoms with Gasteiger partial charge in [0.1, 0.15) is 10.6 Å². The highest BCUT2D eigenvalue weighted by atomic mass is 32.2. The Morgan fingerprint density at radius 1 is 1.44 bits per heavy atom. The predicted molar refractivity (Wildman–Crippen MR) is 63.2 cm³/mol. The molecule has 0 amide bonds. The van der Waals surface area contributed by atoms with Gasteiger partial charge < -0.3 is 5.11 Å².